The Kier molecular flexibility index (Phi) is 8.60. The fourth-order valence-corrected chi connectivity index (χ4v) is 1.57. The van der Waals surface area contributed by atoms with Gasteiger partial charge in [-0.1, -0.05) is 70.7 Å². The minimum absolute atomic E-state index is 0.592. The molecule has 0 aliphatic heterocycles. The molecule has 0 heterocycles. The van der Waals surface area contributed by atoms with Crippen molar-refractivity contribution in [2.75, 3.05) is 11.5 Å². The van der Waals surface area contributed by atoms with Crippen molar-refractivity contribution in [3.8, 4) is 0 Å². The molecule has 0 saturated carbocycles. The molecule has 2 heteroatoms. The molecule has 0 amide bonds. The first-order valence-electron chi connectivity index (χ1n) is 7.08. The van der Waals surface area contributed by atoms with Gasteiger partial charge in [0, 0.05) is 0 Å². The lowest BCUT2D eigenvalue weighted by Crippen LogP contribution is -1.96. The van der Waals surface area contributed by atoms with Gasteiger partial charge in [-0.2, -0.15) is 0 Å². The van der Waals surface area contributed by atoms with E-state index in [-0.39, 0.29) is 0 Å². The van der Waals surface area contributed by atoms with Crippen LogP contribution in [0.25, 0.3) is 5.57 Å². The van der Waals surface area contributed by atoms with E-state index in [2.05, 4.69) is 6.58 Å². The Morgan fingerprint density at radius 3 is 1.80 bits per heavy atom. The highest BCUT2D eigenvalue weighted by molar-refractivity contribution is 5.81. The second kappa shape index (κ2) is 9.68. The highest BCUT2D eigenvalue weighted by atomic mass is 14.7. The van der Waals surface area contributed by atoms with Crippen LogP contribution in [0.2, 0.25) is 0 Å². The molecule has 2 aromatic carbocycles. The quantitative estimate of drug-likeness (QED) is 0.757. The van der Waals surface area contributed by atoms with Crippen molar-refractivity contribution in [1.82, 2.24) is 0 Å². The number of hydrogen-bond donors (Lipinski definition) is 2. The third-order valence-electron chi connectivity index (χ3n) is 2.56. The van der Waals surface area contributed by atoms with Crippen LogP contribution in [-0.4, -0.2) is 0 Å². The van der Waals surface area contributed by atoms with Crippen LogP contribution in [0.4, 0.5) is 11.4 Å². The second-order valence-electron chi connectivity index (χ2n) is 3.69. The molecule has 2 rings (SSSR count). The zero-order valence-corrected chi connectivity index (χ0v) is 13.0. The van der Waals surface area contributed by atoms with Crippen molar-refractivity contribution >= 4 is 16.9 Å². The first-order valence-corrected chi connectivity index (χ1v) is 7.08. The van der Waals surface area contributed by atoms with E-state index in [9.17, 15) is 0 Å². The fourth-order valence-electron chi connectivity index (χ4n) is 1.57. The molecule has 0 unspecified atom stereocenters. The Bertz CT molecular complexity index is 516. The number of benzene rings is 2. The molecule has 2 aromatic rings. The van der Waals surface area contributed by atoms with E-state index in [1.165, 1.54) is 0 Å². The zero-order valence-electron chi connectivity index (χ0n) is 13.0. The maximum Gasteiger partial charge on any atom is 0.0554 e. The van der Waals surface area contributed by atoms with Crippen molar-refractivity contribution in [3.63, 3.8) is 0 Å². The van der Waals surface area contributed by atoms with Crippen molar-refractivity contribution in [3.05, 3.63) is 66.2 Å². The van der Waals surface area contributed by atoms with Gasteiger partial charge in [0.05, 0.1) is 11.4 Å². The highest BCUT2D eigenvalue weighted by Gasteiger charge is 2.03. The van der Waals surface area contributed by atoms with Crippen LogP contribution in [0.15, 0.2) is 55.1 Å². The van der Waals surface area contributed by atoms with E-state index >= 15 is 0 Å². The Labute approximate surface area is 123 Å². The summed E-state index contributed by atoms with van der Waals surface area (Å²) in [6.07, 6.45) is 0. The molecule has 0 atom stereocenters. The Morgan fingerprint density at radius 2 is 1.30 bits per heavy atom. The first-order chi connectivity index (χ1) is 9.68. The van der Waals surface area contributed by atoms with E-state index < -0.39 is 0 Å². The predicted molar refractivity (Wildman–Crippen MR) is 92.5 cm³/mol. The van der Waals surface area contributed by atoms with Crippen molar-refractivity contribution in [2.45, 2.75) is 27.7 Å². The number of nitrogen functional groups attached to an aromatic ring is 2. The summed E-state index contributed by atoms with van der Waals surface area (Å²) < 4.78 is 0. The van der Waals surface area contributed by atoms with Crippen LogP contribution >= 0.6 is 0 Å². The summed E-state index contributed by atoms with van der Waals surface area (Å²) in [6.45, 7) is 12.1. The van der Waals surface area contributed by atoms with Crippen molar-refractivity contribution in [2.24, 2.45) is 0 Å². The van der Waals surface area contributed by atoms with E-state index in [0.29, 0.717) is 11.4 Å². The molecule has 2 nitrogen and oxygen atoms in total. The van der Waals surface area contributed by atoms with E-state index in [1.54, 1.807) is 6.07 Å². The summed E-state index contributed by atoms with van der Waals surface area (Å²) in [5.74, 6) is 0. The van der Waals surface area contributed by atoms with Gasteiger partial charge in [0.25, 0.3) is 0 Å². The molecule has 108 valence electrons. The van der Waals surface area contributed by atoms with Crippen LogP contribution in [0, 0.1) is 0 Å². The van der Waals surface area contributed by atoms with Gasteiger partial charge in [-0.05, 0) is 28.8 Å². The maximum atomic E-state index is 5.77. The lowest BCUT2D eigenvalue weighted by Gasteiger charge is -2.08. The van der Waals surface area contributed by atoms with Crippen LogP contribution < -0.4 is 11.5 Å². The Morgan fingerprint density at radius 1 is 0.750 bits per heavy atom. The summed E-state index contributed by atoms with van der Waals surface area (Å²) in [4.78, 5) is 0. The summed E-state index contributed by atoms with van der Waals surface area (Å²) in [6, 6.07) is 15.6. The molecule has 0 bridgehead atoms. The number of hydrogen-bond acceptors (Lipinski definition) is 2. The Balaban J connectivity index is 0.000000829. The number of rotatable bonds is 2. The lowest BCUT2D eigenvalue weighted by atomic mass is 9.99. The van der Waals surface area contributed by atoms with Gasteiger partial charge in [0.2, 0.25) is 0 Å². The molecular weight excluding hydrogens is 244 g/mol. The van der Waals surface area contributed by atoms with Gasteiger partial charge in [0.1, 0.15) is 0 Å². The van der Waals surface area contributed by atoms with Gasteiger partial charge in [0.15, 0.2) is 0 Å². The third-order valence-corrected chi connectivity index (χ3v) is 2.56. The molecule has 0 aliphatic rings. The van der Waals surface area contributed by atoms with Crippen LogP contribution in [0.5, 0.6) is 0 Å². The maximum absolute atomic E-state index is 5.77. The van der Waals surface area contributed by atoms with Crippen LogP contribution in [0.1, 0.15) is 38.8 Å². The zero-order chi connectivity index (χ0) is 15.5. The minimum Gasteiger partial charge on any atom is -0.397 e. The lowest BCUT2D eigenvalue weighted by molar-refractivity contribution is 1.50. The normalized spacial score (nSPS) is 8.60. The summed E-state index contributed by atoms with van der Waals surface area (Å²) >= 11 is 0. The van der Waals surface area contributed by atoms with Gasteiger partial charge < -0.3 is 11.5 Å². The molecule has 4 N–H and O–H groups in total. The molecule has 0 radical (unpaired) electrons. The number of nitrogens with two attached hydrogens (primary N) is 2. The monoisotopic (exact) mass is 270 g/mol. The van der Waals surface area contributed by atoms with E-state index in [1.807, 2.05) is 70.2 Å². The average Bonchev–Trinajstić information content (AvgIpc) is 2.54. The molecule has 0 spiro atoms. The van der Waals surface area contributed by atoms with Gasteiger partial charge in [-0.25, -0.2) is 0 Å². The largest absolute Gasteiger partial charge is 0.397 e. The third kappa shape index (κ3) is 4.81. The van der Waals surface area contributed by atoms with Crippen LogP contribution in [0.3, 0.4) is 0 Å². The minimum atomic E-state index is 0.592. The van der Waals surface area contributed by atoms with E-state index in [0.717, 1.165) is 16.7 Å². The summed E-state index contributed by atoms with van der Waals surface area (Å²) in [7, 11) is 0. The van der Waals surface area contributed by atoms with Gasteiger partial charge >= 0.3 is 0 Å². The molecule has 0 aromatic heterocycles. The molecule has 0 fully saturated rings. The molecule has 0 aliphatic carbocycles. The van der Waals surface area contributed by atoms with Crippen molar-refractivity contribution < 1.29 is 0 Å². The predicted octanol–water partition coefficient (Wildman–Crippen LogP) is 4.96. The second-order valence-corrected chi connectivity index (χ2v) is 3.69. The SMILES string of the molecule is C=C(c1ccccc1)c1ccc(N)c(N)c1.CC.CC. The molecular formula is C18H26N2. The standard InChI is InChI=1S/C14H14N2.2C2H6/c1-10(11-5-3-2-4-6-11)12-7-8-13(15)14(16)9-12;2*1-2/h2-9H,1,15-16H2;2*1-2H3. The van der Waals surface area contributed by atoms with E-state index in [4.69, 9.17) is 11.5 Å². The highest BCUT2D eigenvalue weighted by Crippen LogP contribution is 2.25. The first kappa shape index (κ1) is 17.8. The number of anilines is 2. The summed E-state index contributed by atoms with van der Waals surface area (Å²) in [5, 5.41) is 0. The smallest absolute Gasteiger partial charge is 0.0554 e. The summed E-state index contributed by atoms with van der Waals surface area (Å²) in [5.41, 5.74) is 15.7. The topological polar surface area (TPSA) is 52.0 Å². The molecule has 0 saturated heterocycles. The molecule has 20 heavy (non-hydrogen) atoms. The van der Waals surface area contributed by atoms with Gasteiger partial charge in [-0.3, -0.25) is 0 Å². The fraction of sp³-hybridized carbons (Fsp3) is 0.222. The van der Waals surface area contributed by atoms with Crippen LogP contribution in [-0.2, 0) is 0 Å². The van der Waals surface area contributed by atoms with Crippen molar-refractivity contribution in [1.29, 1.82) is 0 Å². The average molecular weight is 270 g/mol. The van der Waals surface area contributed by atoms with Gasteiger partial charge in [-0.15, -0.1) is 0 Å². The Hall–Kier alpha value is -2.22.